The highest BCUT2D eigenvalue weighted by Crippen LogP contribution is 2.18. The third-order valence-corrected chi connectivity index (χ3v) is 3.53. The summed E-state index contributed by atoms with van der Waals surface area (Å²) in [6.45, 7) is 0. The number of rotatable bonds is 4. The van der Waals surface area contributed by atoms with Gasteiger partial charge in [-0.05, 0) is 17.2 Å². The number of halogens is 2. The molecule has 0 heterocycles. The lowest BCUT2D eigenvalue weighted by molar-refractivity contribution is -0.115. The van der Waals surface area contributed by atoms with Crippen molar-refractivity contribution in [3.05, 3.63) is 29.3 Å². The smallest absolute Gasteiger partial charge is 0.147 e. The molecule has 0 saturated carbocycles. The Morgan fingerprint density at radius 3 is 2.57 bits per heavy atom. The van der Waals surface area contributed by atoms with Crippen LogP contribution in [0.15, 0.2) is 23.1 Å². The van der Waals surface area contributed by atoms with Gasteiger partial charge in [0.1, 0.15) is 5.78 Å². The van der Waals surface area contributed by atoms with Crippen LogP contribution in [0.5, 0.6) is 0 Å². The van der Waals surface area contributed by atoms with E-state index in [1.165, 1.54) is 5.56 Å². The van der Waals surface area contributed by atoms with Crippen LogP contribution in [0.25, 0.3) is 0 Å². The van der Waals surface area contributed by atoms with Crippen molar-refractivity contribution in [1.29, 1.82) is 0 Å². The van der Waals surface area contributed by atoms with Gasteiger partial charge in [-0.1, -0.05) is 44.0 Å². The minimum Gasteiger partial charge on any atom is -0.298 e. The number of Topliss-reactive ketones (excluding diaryl/α,β-unsaturated/α-hetero) is 1. The van der Waals surface area contributed by atoms with E-state index in [0.29, 0.717) is 11.8 Å². The zero-order valence-corrected chi connectivity index (χ0v) is 11.5. The summed E-state index contributed by atoms with van der Waals surface area (Å²) >= 11 is 10.9. The van der Waals surface area contributed by atoms with Crippen LogP contribution >= 0.6 is 44.5 Å². The molecule has 0 bridgehead atoms. The molecule has 0 aliphatic heterocycles. The fraction of sp³-hybridized carbons (Fsp3) is 0.300. The largest absolute Gasteiger partial charge is 0.298 e. The Hall–Kier alpha value is 0.200. The number of thiol groups is 1. The summed E-state index contributed by atoms with van der Waals surface area (Å²) in [5, 5.41) is 1.22. The van der Waals surface area contributed by atoms with Gasteiger partial charge in [-0.15, -0.1) is 12.6 Å². The Labute approximate surface area is 106 Å². The molecule has 0 atom stereocenters. The lowest BCUT2D eigenvalue weighted by Crippen LogP contribution is -2.04. The van der Waals surface area contributed by atoms with Gasteiger partial charge in [-0.3, -0.25) is 4.79 Å². The lowest BCUT2D eigenvalue weighted by atomic mass is 10.1. The van der Waals surface area contributed by atoms with Crippen molar-refractivity contribution in [2.45, 2.75) is 16.6 Å². The number of alkyl halides is 2. The highest BCUT2D eigenvalue weighted by atomic mass is 79.9. The summed E-state index contributed by atoms with van der Waals surface area (Å²) in [5.41, 5.74) is 2.16. The highest BCUT2D eigenvalue weighted by Gasteiger charge is 2.05. The summed E-state index contributed by atoms with van der Waals surface area (Å²) in [7, 11) is 0. The van der Waals surface area contributed by atoms with Gasteiger partial charge >= 0.3 is 0 Å². The minimum absolute atomic E-state index is 0.173. The summed E-state index contributed by atoms with van der Waals surface area (Å²) in [4.78, 5) is 12.1. The Bertz CT molecular complexity index is 339. The van der Waals surface area contributed by atoms with Crippen LogP contribution in [0.2, 0.25) is 0 Å². The normalized spacial score (nSPS) is 10.2. The molecule has 4 heteroatoms. The SMILES string of the molecule is O=C(CBr)Cc1ccc(CBr)cc1S. The summed E-state index contributed by atoms with van der Waals surface area (Å²) in [6.07, 6.45) is 0.451. The van der Waals surface area contributed by atoms with E-state index in [0.717, 1.165) is 15.8 Å². The predicted octanol–water partition coefficient (Wildman–Crippen LogP) is 3.38. The zero-order chi connectivity index (χ0) is 10.6. The topological polar surface area (TPSA) is 17.1 Å². The van der Waals surface area contributed by atoms with E-state index < -0.39 is 0 Å². The first-order valence-corrected chi connectivity index (χ1v) is 6.80. The fourth-order valence-electron chi connectivity index (χ4n) is 1.10. The van der Waals surface area contributed by atoms with E-state index in [-0.39, 0.29) is 5.78 Å². The molecule has 0 fully saturated rings. The Balaban J connectivity index is 2.83. The first-order valence-electron chi connectivity index (χ1n) is 4.11. The van der Waals surface area contributed by atoms with Crippen LogP contribution in [0.4, 0.5) is 0 Å². The van der Waals surface area contributed by atoms with Crippen molar-refractivity contribution in [1.82, 2.24) is 0 Å². The lowest BCUT2D eigenvalue weighted by Gasteiger charge is -2.04. The van der Waals surface area contributed by atoms with Crippen molar-refractivity contribution < 1.29 is 4.79 Å². The average molecular weight is 338 g/mol. The van der Waals surface area contributed by atoms with Gasteiger partial charge in [-0.2, -0.15) is 0 Å². The van der Waals surface area contributed by atoms with E-state index in [4.69, 9.17) is 0 Å². The molecular weight excluding hydrogens is 328 g/mol. The van der Waals surface area contributed by atoms with Crippen molar-refractivity contribution in [2.75, 3.05) is 5.33 Å². The second-order valence-electron chi connectivity index (χ2n) is 2.95. The van der Waals surface area contributed by atoms with E-state index in [1.54, 1.807) is 0 Å². The Morgan fingerprint density at radius 1 is 1.36 bits per heavy atom. The second-order valence-corrected chi connectivity index (χ2v) is 4.55. The summed E-state index contributed by atoms with van der Waals surface area (Å²) in [6, 6.07) is 5.94. The number of carbonyl (C=O) groups is 1. The molecule has 1 nitrogen and oxygen atoms in total. The van der Waals surface area contributed by atoms with Crippen LogP contribution in [0, 0.1) is 0 Å². The monoisotopic (exact) mass is 336 g/mol. The van der Waals surface area contributed by atoms with Gasteiger partial charge in [0.25, 0.3) is 0 Å². The molecule has 0 N–H and O–H groups in total. The maximum Gasteiger partial charge on any atom is 0.147 e. The van der Waals surface area contributed by atoms with Crippen LogP contribution in [-0.2, 0) is 16.5 Å². The second kappa shape index (κ2) is 5.93. The van der Waals surface area contributed by atoms with E-state index >= 15 is 0 Å². The van der Waals surface area contributed by atoms with Gasteiger partial charge in [0.15, 0.2) is 0 Å². The molecule has 0 unspecified atom stereocenters. The Morgan fingerprint density at radius 2 is 2.07 bits per heavy atom. The quantitative estimate of drug-likeness (QED) is 0.658. The number of ketones is 1. The van der Waals surface area contributed by atoms with Crippen LogP contribution in [0.1, 0.15) is 11.1 Å². The molecule has 0 aliphatic carbocycles. The van der Waals surface area contributed by atoms with Gasteiger partial charge < -0.3 is 0 Å². The third-order valence-electron chi connectivity index (χ3n) is 1.84. The van der Waals surface area contributed by atoms with Crippen molar-refractivity contribution >= 4 is 50.3 Å². The van der Waals surface area contributed by atoms with Crippen LogP contribution in [0.3, 0.4) is 0 Å². The number of carbonyl (C=O) groups excluding carboxylic acids is 1. The molecular formula is C10H10Br2OS. The summed E-state index contributed by atoms with van der Waals surface area (Å²) in [5.74, 6) is 0.173. The molecule has 0 amide bonds. The maximum atomic E-state index is 11.2. The van der Waals surface area contributed by atoms with Crippen LogP contribution < -0.4 is 0 Å². The molecule has 0 aromatic heterocycles. The molecule has 0 radical (unpaired) electrons. The molecule has 14 heavy (non-hydrogen) atoms. The van der Waals surface area contributed by atoms with E-state index in [1.807, 2.05) is 18.2 Å². The fourth-order valence-corrected chi connectivity index (χ4v) is 1.97. The Kier molecular flexibility index (Phi) is 5.20. The molecule has 0 spiro atoms. The zero-order valence-electron chi connectivity index (χ0n) is 7.46. The van der Waals surface area contributed by atoms with Crippen LogP contribution in [-0.4, -0.2) is 11.1 Å². The molecule has 1 aromatic rings. The third kappa shape index (κ3) is 3.41. The predicted molar refractivity (Wildman–Crippen MR) is 68.8 cm³/mol. The number of benzene rings is 1. The van der Waals surface area contributed by atoms with E-state index in [2.05, 4.69) is 44.5 Å². The first kappa shape index (κ1) is 12.3. The highest BCUT2D eigenvalue weighted by molar-refractivity contribution is 9.09. The molecule has 0 aliphatic rings. The molecule has 1 rings (SSSR count). The van der Waals surface area contributed by atoms with Gasteiger partial charge in [-0.25, -0.2) is 0 Å². The maximum absolute atomic E-state index is 11.2. The molecule has 1 aromatic carbocycles. The van der Waals surface area contributed by atoms with Gasteiger partial charge in [0.05, 0.1) is 5.33 Å². The van der Waals surface area contributed by atoms with Crippen molar-refractivity contribution in [2.24, 2.45) is 0 Å². The van der Waals surface area contributed by atoms with Crippen molar-refractivity contribution in [3.8, 4) is 0 Å². The van der Waals surface area contributed by atoms with E-state index in [9.17, 15) is 4.79 Å². The average Bonchev–Trinajstić information content (AvgIpc) is 2.20. The van der Waals surface area contributed by atoms with Gasteiger partial charge in [0.2, 0.25) is 0 Å². The standard InChI is InChI=1S/C10H10Br2OS/c11-5-7-1-2-8(10(14)3-7)4-9(13)6-12/h1-3,14H,4-6H2. The minimum atomic E-state index is 0.173. The van der Waals surface area contributed by atoms with Crippen molar-refractivity contribution in [3.63, 3.8) is 0 Å². The molecule has 0 saturated heterocycles. The summed E-state index contributed by atoms with van der Waals surface area (Å²) < 4.78 is 0. The molecule has 76 valence electrons. The number of hydrogen-bond donors (Lipinski definition) is 1. The van der Waals surface area contributed by atoms with Gasteiger partial charge in [0, 0.05) is 16.6 Å². The number of hydrogen-bond acceptors (Lipinski definition) is 2. The first-order chi connectivity index (χ1) is 6.67.